The predicted molar refractivity (Wildman–Crippen MR) is 85.6 cm³/mol. The molecule has 1 atom stereocenters. The van der Waals surface area contributed by atoms with Crippen molar-refractivity contribution in [3.63, 3.8) is 0 Å². The van der Waals surface area contributed by atoms with E-state index in [1.54, 1.807) is 0 Å². The van der Waals surface area contributed by atoms with E-state index in [9.17, 15) is 0 Å². The Bertz CT molecular complexity index is 457. The minimum atomic E-state index is 0.481. The summed E-state index contributed by atoms with van der Waals surface area (Å²) in [5.74, 6) is 1.82. The van der Waals surface area contributed by atoms with Gasteiger partial charge in [0, 0.05) is 15.9 Å². The Morgan fingerprint density at radius 2 is 2.28 bits per heavy atom. The van der Waals surface area contributed by atoms with E-state index in [4.69, 9.17) is 4.99 Å². The normalized spacial score (nSPS) is 19.2. The zero-order chi connectivity index (χ0) is 13.1. The topological polar surface area (TPSA) is 24.4 Å². The van der Waals surface area contributed by atoms with Crippen molar-refractivity contribution in [2.75, 3.05) is 11.1 Å². The van der Waals surface area contributed by atoms with Crippen molar-refractivity contribution in [1.82, 2.24) is 0 Å². The highest BCUT2D eigenvalue weighted by Gasteiger charge is 2.19. The van der Waals surface area contributed by atoms with Gasteiger partial charge in [-0.05, 0) is 43.0 Å². The predicted octanol–water partition coefficient (Wildman–Crippen LogP) is 4.69. The summed E-state index contributed by atoms with van der Waals surface area (Å²) in [5.41, 5.74) is 2.36. The van der Waals surface area contributed by atoms with Crippen LogP contribution in [0.4, 0.5) is 5.69 Å². The van der Waals surface area contributed by atoms with Crippen LogP contribution in [0.5, 0.6) is 0 Å². The van der Waals surface area contributed by atoms with Crippen LogP contribution in [0.1, 0.15) is 25.8 Å². The van der Waals surface area contributed by atoms with E-state index >= 15 is 0 Å². The van der Waals surface area contributed by atoms with E-state index in [1.165, 1.54) is 12.0 Å². The fraction of sp³-hybridized carbons (Fsp3) is 0.500. The molecule has 1 aliphatic heterocycles. The lowest BCUT2D eigenvalue weighted by atomic mass is 10.1. The highest BCUT2D eigenvalue weighted by atomic mass is 79.9. The summed E-state index contributed by atoms with van der Waals surface area (Å²) in [4.78, 5) is 4.73. The molecule has 0 spiro atoms. The van der Waals surface area contributed by atoms with Gasteiger partial charge in [-0.3, -0.25) is 4.99 Å². The molecule has 4 heteroatoms. The zero-order valence-corrected chi connectivity index (χ0v) is 13.4. The molecule has 0 saturated carbocycles. The van der Waals surface area contributed by atoms with Crippen molar-refractivity contribution < 1.29 is 0 Å². The lowest BCUT2D eigenvalue weighted by Gasteiger charge is -2.08. The van der Waals surface area contributed by atoms with Gasteiger partial charge in [-0.15, -0.1) is 0 Å². The molecule has 0 saturated heterocycles. The van der Waals surface area contributed by atoms with Gasteiger partial charge in [-0.2, -0.15) is 0 Å². The Labute approximate surface area is 122 Å². The first-order chi connectivity index (χ1) is 8.54. The molecule has 1 aromatic rings. The van der Waals surface area contributed by atoms with Crippen LogP contribution < -0.4 is 5.32 Å². The molecule has 0 aromatic heterocycles. The maximum absolute atomic E-state index is 4.73. The van der Waals surface area contributed by atoms with Crippen LogP contribution in [0.15, 0.2) is 27.7 Å². The number of rotatable bonds is 3. The van der Waals surface area contributed by atoms with Gasteiger partial charge in [0.2, 0.25) is 0 Å². The molecule has 1 heterocycles. The highest BCUT2D eigenvalue weighted by molar-refractivity contribution is 9.10. The van der Waals surface area contributed by atoms with Crippen molar-refractivity contribution in [3.05, 3.63) is 28.2 Å². The van der Waals surface area contributed by atoms with Crippen LogP contribution in [0.2, 0.25) is 0 Å². The molecule has 2 rings (SSSR count). The van der Waals surface area contributed by atoms with Crippen LogP contribution >= 0.6 is 27.7 Å². The third kappa shape index (κ3) is 3.75. The van der Waals surface area contributed by atoms with Gasteiger partial charge in [-0.25, -0.2) is 0 Å². The number of aliphatic imine (C=N–C) groups is 1. The molecule has 18 heavy (non-hydrogen) atoms. The molecule has 98 valence electrons. The SMILES string of the molecule is Cc1cc(NC2=NC(CC(C)C)CS2)ccc1Br. The maximum Gasteiger partial charge on any atom is 0.161 e. The van der Waals surface area contributed by atoms with Gasteiger partial charge in [0.05, 0.1) is 6.04 Å². The second-order valence-corrected chi connectivity index (χ2v) is 6.98. The van der Waals surface area contributed by atoms with Crippen LogP contribution in [0, 0.1) is 12.8 Å². The highest BCUT2D eigenvalue weighted by Crippen LogP contribution is 2.26. The van der Waals surface area contributed by atoms with E-state index < -0.39 is 0 Å². The number of nitrogens with zero attached hydrogens (tertiary/aromatic N) is 1. The van der Waals surface area contributed by atoms with Gasteiger partial charge >= 0.3 is 0 Å². The number of amidine groups is 1. The molecule has 1 N–H and O–H groups in total. The van der Waals surface area contributed by atoms with Crippen LogP contribution in [0.3, 0.4) is 0 Å². The Kier molecular flexibility index (Phi) is 4.73. The smallest absolute Gasteiger partial charge is 0.161 e. The number of hydrogen-bond acceptors (Lipinski definition) is 3. The first kappa shape index (κ1) is 13.9. The van der Waals surface area contributed by atoms with E-state index in [-0.39, 0.29) is 0 Å². The minimum Gasteiger partial charge on any atom is -0.335 e. The van der Waals surface area contributed by atoms with Gasteiger partial charge in [0.25, 0.3) is 0 Å². The summed E-state index contributed by atoms with van der Waals surface area (Å²) >= 11 is 5.34. The molecule has 1 aromatic carbocycles. The molecule has 1 aliphatic rings. The van der Waals surface area contributed by atoms with Gasteiger partial charge < -0.3 is 5.32 Å². The van der Waals surface area contributed by atoms with Crippen LogP contribution in [0.25, 0.3) is 0 Å². The molecule has 0 amide bonds. The summed E-state index contributed by atoms with van der Waals surface area (Å²) in [7, 11) is 0. The third-order valence-corrected chi connectivity index (χ3v) is 4.79. The van der Waals surface area contributed by atoms with Crippen molar-refractivity contribution in [2.45, 2.75) is 33.2 Å². The number of anilines is 1. The summed E-state index contributed by atoms with van der Waals surface area (Å²) in [6, 6.07) is 6.77. The number of benzene rings is 1. The fourth-order valence-electron chi connectivity index (χ4n) is 1.99. The lowest BCUT2D eigenvalue weighted by Crippen LogP contribution is -2.08. The Hall–Kier alpha value is -0.480. The van der Waals surface area contributed by atoms with Crippen molar-refractivity contribution >= 4 is 38.5 Å². The average Bonchev–Trinajstić information content (AvgIpc) is 2.70. The van der Waals surface area contributed by atoms with Crippen molar-refractivity contribution in [2.24, 2.45) is 10.9 Å². The summed E-state index contributed by atoms with van der Waals surface area (Å²) < 4.78 is 1.15. The van der Waals surface area contributed by atoms with E-state index in [2.05, 4.69) is 60.2 Å². The second kappa shape index (κ2) is 6.11. The van der Waals surface area contributed by atoms with Crippen molar-refractivity contribution in [3.8, 4) is 0 Å². The lowest BCUT2D eigenvalue weighted by molar-refractivity contribution is 0.529. The molecule has 0 radical (unpaired) electrons. The standard InChI is InChI=1S/C14H19BrN2S/c1-9(2)6-12-8-18-14(17-12)16-11-4-5-13(15)10(3)7-11/h4-5,7,9,12H,6,8H2,1-3H3,(H,16,17). The summed E-state index contributed by atoms with van der Waals surface area (Å²) in [5, 5.41) is 4.46. The van der Waals surface area contributed by atoms with Crippen molar-refractivity contribution in [1.29, 1.82) is 0 Å². The van der Waals surface area contributed by atoms with E-state index in [0.29, 0.717) is 12.0 Å². The maximum atomic E-state index is 4.73. The molecule has 0 fully saturated rings. The zero-order valence-electron chi connectivity index (χ0n) is 11.0. The van der Waals surface area contributed by atoms with Crippen LogP contribution in [-0.4, -0.2) is 17.0 Å². The number of halogens is 1. The molecule has 2 nitrogen and oxygen atoms in total. The number of thioether (sulfide) groups is 1. The first-order valence-electron chi connectivity index (χ1n) is 6.28. The molecular weight excluding hydrogens is 308 g/mol. The van der Waals surface area contributed by atoms with E-state index in [0.717, 1.165) is 21.1 Å². The average molecular weight is 327 g/mol. The largest absolute Gasteiger partial charge is 0.335 e. The molecule has 0 bridgehead atoms. The quantitative estimate of drug-likeness (QED) is 0.871. The van der Waals surface area contributed by atoms with Gasteiger partial charge in [0.15, 0.2) is 5.17 Å². The van der Waals surface area contributed by atoms with E-state index in [1.807, 2.05) is 11.8 Å². The monoisotopic (exact) mass is 326 g/mol. The molecular formula is C14H19BrN2S. The Morgan fingerprint density at radius 3 is 2.94 bits per heavy atom. The van der Waals surface area contributed by atoms with Gasteiger partial charge in [0.1, 0.15) is 0 Å². The first-order valence-corrected chi connectivity index (χ1v) is 8.06. The summed E-state index contributed by atoms with van der Waals surface area (Å²) in [6.07, 6.45) is 1.18. The van der Waals surface area contributed by atoms with Gasteiger partial charge in [-0.1, -0.05) is 41.5 Å². The number of nitrogens with one attached hydrogen (secondary N) is 1. The summed E-state index contributed by atoms with van der Waals surface area (Å²) in [6.45, 7) is 6.60. The number of hydrogen-bond donors (Lipinski definition) is 1. The second-order valence-electron chi connectivity index (χ2n) is 5.12. The Balaban J connectivity index is 1.99. The Morgan fingerprint density at radius 1 is 1.50 bits per heavy atom. The number of aryl methyl sites for hydroxylation is 1. The third-order valence-electron chi connectivity index (χ3n) is 2.86. The molecule has 0 aliphatic carbocycles. The fourth-order valence-corrected chi connectivity index (χ4v) is 3.22. The molecule has 1 unspecified atom stereocenters. The minimum absolute atomic E-state index is 0.481. The van der Waals surface area contributed by atoms with Crippen LogP contribution in [-0.2, 0) is 0 Å².